The average molecular weight is 493 g/mol. The molecule has 1 fully saturated rings. The highest BCUT2D eigenvalue weighted by Gasteiger charge is 2.43. The van der Waals surface area contributed by atoms with Crippen molar-refractivity contribution in [3.05, 3.63) is 71.3 Å². The van der Waals surface area contributed by atoms with E-state index in [0.717, 1.165) is 30.4 Å². The monoisotopic (exact) mass is 493 g/mol. The summed E-state index contributed by atoms with van der Waals surface area (Å²) in [7, 11) is 0. The molecule has 1 atom stereocenters. The molecule has 1 heterocycles. The Morgan fingerprint density at radius 3 is 2.17 bits per heavy atom. The number of halogens is 3. The summed E-state index contributed by atoms with van der Waals surface area (Å²) in [5.41, 5.74) is 7.06. The number of nitrogen functional groups attached to an aromatic ring is 1. The number of hydrogen-bond donors (Lipinski definition) is 4. The summed E-state index contributed by atoms with van der Waals surface area (Å²) >= 11 is 0. The molecule has 3 rings (SSSR count). The number of amidine groups is 1. The van der Waals surface area contributed by atoms with E-state index in [4.69, 9.17) is 25.8 Å². The van der Waals surface area contributed by atoms with E-state index in [-0.39, 0.29) is 17.7 Å². The smallest absolute Gasteiger partial charge is 0.475 e. The van der Waals surface area contributed by atoms with Gasteiger partial charge >= 0.3 is 18.1 Å². The molecule has 35 heavy (non-hydrogen) atoms. The summed E-state index contributed by atoms with van der Waals surface area (Å²) in [5, 5.41) is 17.5. The third-order valence-corrected chi connectivity index (χ3v) is 5.18. The van der Waals surface area contributed by atoms with Crippen molar-refractivity contribution >= 4 is 23.7 Å². The summed E-state index contributed by atoms with van der Waals surface area (Å²) in [4.78, 5) is 33.1. The number of carbonyl (C=O) groups excluding carboxylic acids is 2. The number of nitrogens with one attached hydrogen (secondary N) is 2. The van der Waals surface area contributed by atoms with Gasteiger partial charge in [0.25, 0.3) is 0 Å². The number of nitrogens with two attached hydrogens (primary N) is 1. The summed E-state index contributed by atoms with van der Waals surface area (Å²) in [5.74, 6) is -3.11. The van der Waals surface area contributed by atoms with Crippen LogP contribution in [0.5, 0.6) is 0 Å². The zero-order valence-corrected chi connectivity index (χ0v) is 18.7. The SMILES string of the molecule is N=C(N)c1ccc(CCCCC(=O)NC2(c3ccccc3)CCC(=O)O2)cc1.O=C(O)C(F)(F)F. The molecule has 5 N–H and O–H groups in total. The van der Waals surface area contributed by atoms with Gasteiger partial charge in [-0.15, -0.1) is 0 Å². The number of carbonyl (C=O) groups is 3. The number of rotatable bonds is 8. The van der Waals surface area contributed by atoms with Crippen LogP contribution in [0.3, 0.4) is 0 Å². The first-order valence-corrected chi connectivity index (χ1v) is 10.7. The van der Waals surface area contributed by atoms with Crippen molar-refractivity contribution in [2.24, 2.45) is 5.73 Å². The van der Waals surface area contributed by atoms with E-state index in [1.54, 1.807) is 0 Å². The van der Waals surface area contributed by atoms with Gasteiger partial charge in [0, 0.05) is 24.0 Å². The molecule has 1 saturated heterocycles. The van der Waals surface area contributed by atoms with Crippen molar-refractivity contribution < 1.29 is 37.4 Å². The van der Waals surface area contributed by atoms with Gasteiger partial charge in [0.2, 0.25) is 11.6 Å². The Bertz CT molecular complexity index is 1040. The van der Waals surface area contributed by atoms with Crippen molar-refractivity contribution in [2.45, 2.75) is 50.4 Å². The first kappa shape index (κ1) is 27.4. The molecule has 8 nitrogen and oxygen atoms in total. The number of alkyl halides is 3. The lowest BCUT2D eigenvalue weighted by molar-refractivity contribution is -0.192. The molecular weight excluding hydrogens is 467 g/mol. The lowest BCUT2D eigenvalue weighted by Crippen LogP contribution is -2.45. The van der Waals surface area contributed by atoms with Gasteiger partial charge in [-0.3, -0.25) is 15.0 Å². The van der Waals surface area contributed by atoms with E-state index in [1.807, 2.05) is 54.6 Å². The number of unbranched alkanes of at least 4 members (excludes halogenated alkanes) is 1. The number of carboxylic acids is 1. The molecule has 0 aromatic heterocycles. The highest BCUT2D eigenvalue weighted by Crippen LogP contribution is 2.34. The first-order chi connectivity index (χ1) is 16.4. The van der Waals surface area contributed by atoms with Gasteiger partial charge in [0.05, 0.1) is 6.42 Å². The standard InChI is InChI=1S/C22H25N3O3.C2HF3O2/c23-21(24)17-12-10-16(11-13-17)6-4-5-9-19(26)25-22(15-14-20(27)28-22)18-7-2-1-3-8-18;3-2(4,5)1(6)7/h1-3,7-8,10-13H,4-6,9,14-15H2,(H3,23,24)(H,25,26);(H,6,7). The minimum atomic E-state index is -5.08. The fraction of sp³-hybridized carbons (Fsp3) is 0.333. The molecule has 1 amide bonds. The Balaban J connectivity index is 0.000000540. The molecular formula is C24H26F3N3O5. The fourth-order valence-corrected chi connectivity index (χ4v) is 3.40. The van der Waals surface area contributed by atoms with Gasteiger partial charge in [0.1, 0.15) is 5.84 Å². The van der Waals surface area contributed by atoms with E-state index >= 15 is 0 Å². The van der Waals surface area contributed by atoms with Crippen LogP contribution in [0.15, 0.2) is 54.6 Å². The fourth-order valence-electron chi connectivity index (χ4n) is 3.40. The third-order valence-electron chi connectivity index (χ3n) is 5.18. The van der Waals surface area contributed by atoms with E-state index in [2.05, 4.69) is 5.32 Å². The van der Waals surface area contributed by atoms with Gasteiger partial charge in [0.15, 0.2) is 0 Å². The Morgan fingerprint density at radius 2 is 1.69 bits per heavy atom. The second-order valence-electron chi connectivity index (χ2n) is 7.84. The molecule has 2 aromatic carbocycles. The Labute approximate surface area is 199 Å². The molecule has 1 aliphatic rings. The highest BCUT2D eigenvalue weighted by atomic mass is 19.4. The third kappa shape index (κ3) is 8.43. The molecule has 2 aromatic rings. The first-order valence-electron chi connectivity index (χ1n) is 10.7. The normalized spacial score (nSPS) is 17.1. The molecule has 0 bridgehead atoms. The lowest BCUT2D eigenvalue weighted by atomic mass is 9.99. The molecule has 11 heteroatoms. The number of aliphatic carboxylic acids is 1. The van der Waals surface area contributed by atoms with Crippen LogP contribution < -0.4 is 11.1 Å². The van der Waals surface area contributed by atoms with Crippen LogP contribution >= 0.6 is 0 Å². The predicted molar refractivity (Wildman–Crippen MR) is 120 cm³/mol. The minimum absolute atomic E-state index is 0.0585. The maximum Gasteiger partial charge on any atom is 0.490 e. The highest BCUT2D eigenvalue weighted by molar-refractivity contribution is 5.94. The van der Waals surface area contributed by atoms with E-state index in [1.165, 1.54) is 0 Å². The molecule has 0 saturated carbocycles. The van der Waals surface area contributed by atoms with Gasteiger partial charge in [-0.05, 0) is 24.8 Å². The van der Waals surface area contributed by atoms with Crippen LogP contribution in [0.25, 0.3) is 0 Å². The van der Waals surface area contributed by atoms with Gasteiger partial charge < -0.3 is 20.9 Å². The van der Waals surface area contributed by atoms with Crippen LogP contribution in [0.1, 0.15) is 48.8 Å². The molecule has 1 aliphatic heterocycles. The van der Waals surface area contributed by atoms with Gasteiger partial charge in [-0.25, -0.2) is 4.79 Å². The zero-order chi connectivity index (χ0) is 26.1. The number of benzene rings is 2. The van der Waals surface area contributed by atoms with Crippen LogP contribution in [-0.2, 0) is 31.3 Å². The van der Waals surface area contributed by atoms with Crippen molar-refractivity contribution in [2.75, 3.05) is 0 Å². The van der Waals surface area contributed by atoms with Gasteiger partial charge in [-0.2, -0.15) is 13.2 Å². The Hall–Kier alpha value is -3.89. The number of amides is 1. The van der Waals surface area contributed by atoms with E-state index < -0.39 is 17.9 Å². The molecule has 0 spiro atoms. The molecule has 0 aliphatic carbocycles. The summed E-state index contributed by atoms with van der Waals surface area (Å²) in [6.07, 6.45) is -1.51. The largest absolute Gasteiger partial charge is 0.490 e. The maximum absolute atomic E-state index is 12.5. The summed E-state index contributed by atoms with van der Waals surface area (Å²) in [6, 6.07) is 16.9. The van der Waals surface area contributed by atoms with Crippen LogP contribution in [0, 0.1) is 5.41 Å². The van der Waals surface area contributed by atoms with Crippen LogP contribution in [-0.4, -0.2) is 35.0 Å². The lowest BCUT2D eigenvalue weighted by Gasteiger charge is -2.29. The minimum Gasteiger partial charge on any atom is -0.475 e. The Kier molecular flexibility index (Phi) is 9.38. The number of hydrogen-bond acceptors (Lipinski definition) is 5. The molecule has 1 unspecified atom stereocenters. The molecule has 188 valence electrons. The number of carboxylic acid groups (broad SMARTS) is 1. The van der Waals surface area contributed by atoms with Crippen molar-refractivity contribution in [3.63, 3.8) is 0 Å². The Morgan fingerprint density at radius 1 is 1.09 bits per heavy atom. The number of cyclic esters (lactones) is 1. The van der Waals surface area contributed by atoms with Crippen LogP contribution in [0.2, 0.25) is 0 Å². The topological polar surface area (TPSA) is 143 Å². The number of aryl methyl sites for hydroxylation is 1. The quantitative estimate of drug-likeness (QED) is 0.191. The predicted octanol–water partition coefficient (Wildman–Crippen LogP) is 3.62. The zero-order valence-electron chi connectivity index (χ0n) is 18.7. The molecule has 0 radical (unpaired) electrons. The number of esters is 1. The summed E-state index contributed by atoms with van der Waals surface area (Å²) < 4.78 is 37.2. The van der Waals surface area contributed by atoms with Gasteiger partial charge in [-0.1, -0.05) is 54.6 Å². The van der Waals surface area contributed by atoms with Crippen molar-refractivity contribution in [1.82, 2.24) is 5.32 Å². The van der Waals surface area contributed by atoms with Crippen LogP contribution in [0.4, 0.5) is 13.2 Å². The maximum atomic E-state index is 12.5. The average Bonchev–Trinajstić information content (AvgIpc) is 3.18. The summed E-state index contributed by atoms with van der Waals surface area (Å²) in [6.45, 7) is 0. The van der Waals surface area contributed by atoms with Crippen molar-refractivity contribution in [1.29, 1.82) is 5.41 Å². The second-order valence-corrected chi connectivity index (χ2v) is 7.84. The van der Waals surface area contributed by atoms with E-state index in [0.29, 0.717) is 24.8 Å². The van der Waals surface area contributed by atoms with E-state index in [9.17, 15) is 22.8 Å². The second kappa shape index (κ2) is 12.0. The number of ether oxygens (including phenoxy) is 1. The van der Waals surface area contributed by atoms with Crippen molar-refractivity contribution in [3.8, 4) is 0 Å².